The van der Waals surface area contributed by atoms with Crippen LogP contribution in [0.1, 0.15) is 6.92 Å². The second kappa shape index (κ2) is 5.13. The van der Waals surface area contributed by atoms with E-state index in [-0.39, 0.29) is 0 Å². The van der Waals surface area contributed by atoms with Crippen LogP contribution < -0.4 is 5.32 Å². The Labute approximate surface area is 72.6 Å². The number of aliphatic imine (C=N–C) groups is 1. The van der Waals surface area contributed by atoms with Crippen molar-refractivity contribution in [2.75, 3.05) is 5.32 Å². The van der Waals surface area contributed by atoms with Gasteiger partial charge in [-0.2, -0.15) is 0 Å². The van der Waals surface area contributed by atoms with Crippen molar-refractivity contribution < 1.29 is 0 Å². The van der Waals surface area contributed by atoms with E-state index in [1.54, 1.807) is 18.6 Å². The molecule has 1 rings (SSSR count). The minimum atomic E-state index is 1.07. The molecule has 1 aromatic rings. The highest BCUT2D eigenvalue weighted by atomic mass is 14.9. The molecule has 1 aromatic carbocycles. The molecule has 0 aliphatic carbocycles. The van der Waals surface area contributed by atoms with Gasteiger partial charge in [0.05, 0.1) is 0 Å². The molecule has 0 radical (unpaired) electrons. The summed E-state index contributed by atoms with van der Waals surface area (Å²) in [5.41, 5.74) is 1.07. The third kappa shape index (κ3) is 3.01. The molecule has 0 saturated carbocycles. The quantitative estimate of drug-likeness (QED) is 0.675. The molecule has 0 amide bonds. The second-order valence-corrected chi connectivity index (χ2v) is 2.23. The maximum absolute atomic E-state index is 3.92. The molecule has 0 aliphatic rings. The van der Waals surface area contributed by atoms with Gasteiger partial charge in [0, 0.05) is 24.3 Å². The standard InChI is InChI=1S/C10H12N2/c1-2-11-8-9-12-10-6-4-3-5-7-10/h2-9,12H,1H3/b9-8-,11-2?. The Morgan fingerprint density at radius 1 is 1.25 bits per heavy atom. The topological polar surface area (TPSA) is 24.4 Å². The number of nitrogens with zero attached hydrogens (tertiary/aromatic N) is 1. The lowest BCUT2D eigenvalue weighted by molar-refractivity contribution is 1.51. The van der Waals surface area contributed by atoms with Crippen molar-refractivity contribution in [2.24, 2.45) is 4.99 Å². The van der Waals surface area contributed by atoms with Crippen LogP contribution in [0.2, 0.25) is 0 Å². The number of hydrogen-bond donors (Lipinski definition) is 1. The van der Waals surface area contributed by atoms with E-state index >= 15 is 0 Å². The predicted octanol–water partition coefficient (Wildman–Crippen LogP) is 2.66. The number of rotatable bonds is 3. The highest BCUT2D eigenvalue weighted by Crippen LogP contribution is 2.03. The summed E-state index contributed by atoms with van der Waals surface area (Å²) >= 11 is 0. The molecule has 12 heavy (non-hydrogen) atoms. The van der Waals surface area contributed by atoms with Gasteiger partial charge in [-0.25, -0.2) is 0 Å². The van der Waals surface area contributed by atoms with Crippen molar-refractivity contribution >= 4 is 11.9 Å². The van der Waals surface area contributed by atoms with Gasteiger partial charge in [0.15, 0.2) is 0 Å². The average molecular weight is 160 g/mol. The Morgan fingerprint density at radius 3 is 2.67 bits per heavy atom. The van der Waals surface area contributed by atoms with Crippen LogP contribution in [0, 0.1) is 0 Å². The van der Waals surface area contributed by atoms with Crippen molar-refractivity contribution in [3.05, 3.63) is 42.7 Å². The Morgan fingerprint density at radius 2 is 2.00 bits per heavy atom. The van der Waals surface area contributed by atoms with E-state index in [0.717, 1.165) is 5.69 Å². The molecule has 0 saturated heterocycles. The van der Waals surface area contributed by atoms with E-state index in [1.165, 1.54) is 0 Å². The molecule has 0 unspecified atom stereocenters. The van der Waals surface area contributed by atoms with Crippen LogP contribution in [-0.2, 0) is 0 Å². The Hall–Kier alpha value is -1.57. The third-order valence-corrected chi connectivity index (χ3v) is 1.33. The lowest BCUT2D eigenvalue weighted by Crippen LogP contribution is -1.84. The predicted molar refractivity (Wildman–Crippen MR) is 53.4 cm³/mol. The van der Waals surface area contributed by atoms with E-state index in [2.05, 4.69) is 10.3 Å². The highest BCUT2D eigenvalue weighted by Gasteiger charge is 1.81. The number of hydrogen-bond acceptors (Lipinski definition) is 2. The second-order valence-electron chi connectivity index (χ2n) is 2.23. The summed E-state index contributed by atoms with van der Waals surface area (Å²) < 4.78 is 0. The van der Waals surface area contributed by atoms with E-state index < -0.39 is 0 Å². The summed E-state index contributed by atoms with van der Waals surface area (Å²) in [7, 11) is 0. The van der Waals surface area contributed by atoms with Crippen LogP contribution in [0.4, 0.5) is 5.69 Å². The SMILES string of the molecule is CC=N/C=C\Nc1ccccc1. The van der Waals surface area contributed by atoms with E-state index in [1.807, 2.05) is 37.3 Å². The zero-order chi connectivity index (χ0) is 8.65. The molecule has 1 N–H and O–H groups in total. The molecule has 0 spiro atoms. The zero-order valence-electron chi connectivity index (χ0n) is 7.07. The lowest BCUT2D eigenvalue weighted by Gasteiger charge is -1.96. The van der Waals surface area contributed by atoms with Gasteiger partial charge in [-0.05, 0) is 19.1 Å². The lowest BCUT2D eigenvalue weighted by atomic mass is 10.3. The van der Waals surface area contributed by atoms with Gasteiger partial charge in [-0.3, -0.25) is 4.99 Å². The third-order valence-electron chi connectivity index (χ3n) is 1.33. The summed E-state index contributed by atoms with van der Waals surface area (Å²) in [6.45, 7) is 1.88. The maximum Gasteiger partial charge on any atom is 0.0424 e. The van der Waals surface area contributed by atoms with Gasteiger partial charge in [0.1, 0.15) is 0 Å². The van der Waals surface area contributed by atoms with Crippen molar-refractivity contribution in [2.45, 2.75) is 6.92 Å². The van der Waals surface area contributed by atoms with Crippen molar-refractivity contribution in [1.82, 2.24) is 0 Å². The summed E-state index contributed by atoms with van der Waals surface area (Å²) in [4.78, 5) is 3.92. The molecule has 0 bridgehead atoms. The van der Waals surface area contributed by atoms with Crippen molar-refractivity contribution in [3.63, 3.8) is 0 Å². The van der Waals surface area contributed by atoms with E-state index in [4.69, 9.17) is 0 Å². The summed E-state index contributed by atoms with van der Waals surface area (Å²) in [5.74, 6) is 0. The van der Waals surface area contributed by atoms with Gasteiger partial charge < -0.3 is 5.32 Å². The first-order chi connectivity index (χ1) is 5.93. The van der Waals surface area contributed by atoms with E-state index in [9.17, 15) is 0 Å². The minimum absolute atomic E-state index is 1.07. The molecule has 62 valence electrons. The van der Waals surface area contributed by atoms with Gasteiger partial charge >= 0.3 is 0 Å². The van der Waals surface area contributed by atoms with Crippen LogP contribution in [0.5, 0.6) is 0 Å². The van der Waals surface area contributed by atoms with Gasteiger partial charge in [-0.15, -0.1) is 0 Å². The van der Waals surface area contributed by atoms with Crippen LogP contribution in [0.15, 0.2) is 47.7 Å². The fraction of sp³-hybridized carbons (Fsp3) is 0.100. The summed E-state index contributed by atoms with van der Waals surface area (Å²) in [6.07, 6.45) is 5.26. The van der Waals surface area contributed by atoms with E-state index in [0.29, 0.717) is 0 Å². The Kier molecular flexibility index (Phi) is 3.64. The largest absolute Gasteiger partial charge is 0.360 e. The minimum Gasteiger partial charge on any atom is -0.360 e. The molecule has 2 heteroatoms. The number of para-hydroxylation sites is 1. The maximum atomic E-state index is 3.92. The van der Waals surface area contributed by atoms with Crippen LogP contribution in [0.3, 0.4) is 0 Å². The Balaban J connectivity index is 2.43. The summed E-state index contributed by atoms with van der Waals surface area (Å²) in [5, 5.41) is 3.09. The smallest absolute Gasteiger partial charge is 0.0424 e. The number of anilines is 1. The average Bonchev–Trinajstić information content (AvgIpc) is 2.14. The molecule has 0 atom stereocenters. The number of nitrogens with one attached hydrogen (secondary N) is 1. The first kappa shape index (κ1) is 8.53. The summed E-state index contributed by atoms with van der Waals surface area (Å²) in [6, 6.07) is 9.96. The number of benzene rings is 1. The molecule has 0 fully saturated rings. The normalized spacial score (nSPS) is 11.1. The Bertz CT molecular complexity index is 262. The first-order valence-corrected chi connectivity index (χ1v) is 3.88. The van der Waals surface area contributed by atoms with Gasteiger partial charge in [0.25, 0.3) is 0 Å². The highest BCUT2D eigenvalue weighted by molar-refractivity contribution is 5.54. The van der Waals surface area contributed by atoms with Crippen LogP contribution in [-0.4, -0.2) is 6.21 Å². The van der Waals surface area contributed by atoms with Crippen LogP contribution in [0.25, 0.3) is 0 Å². The molecular formula is C10H12N2. The molecule has 0 heterocycles. The first-order valence-electron chi connectivity index (χ1n) is 3.88. The van der Waals surface area contributed by atoms with Gasteiger partial charge in [0.2, 0.25) is 0 Å². The molecule has 0 aromatic heterocycles. The monoisotopic (exact) mass is 160 g/mol. The zero-order valence-corrected chi connectivity index (χ0v) is 7.07. The molecular weight excluding hydrogens is 148 g/mol. The fourth-order valence-corrected chi connectivity index (χ4v) is 0.797. The van der Waals surface area contributed by atoms with Crippen molar-refractivity contribution in [3.8, 4) is 0 Å². The van der Waals surface area contributed by atoms with Gasteiger partial charge in [-0.1, -0.05) is 18.2 Å². The molecule has 2 nitrogen and oxygen atoms in total. The fourth-order valence-electron chi connectivity index (χ4n) is 0.797. The van der Waals surface area contributed by atoms with Crippen molar-refractivity contribution in [1.29, 1.82) is 0 Å². The van der Waals surface area contributed by atoms with Crippen LogP contribution >= 0.6 is 0 Å². The molecule has 0 aliphatic heterocycles.